The van der Waals surface area contributed by atoms with Crippen molar-refractivity contribution >= 4 is 29.6 Å². The number of H-pyrrole nitrogens is 1. The summed E-state index contributed by atoms with van der Waals surface area (Å²) in [5.74, 6) is -2.78. The van der Waals surface area contributed by atoms with E-state index in [0.717, 1.165) is 18.4 Å². The molecule has 2 heterocycles. The number of aliphatic carboxylic acids is 2. The predicted octanol–water partition coefficient (Wildman–Crippen LogP) is -8.04. The number of carbonyl (C=O) groups excluding carboxylic acids is 3. The first-order chi connectivity index (χ1) is 15.2. The van der Waals surface area contributed by atoms with Crippen molar-refractivity contribution < 1.29 is 83.7 Å². The van der Waals surface area contributed by atoms with Crippen molar-refractivity contribution in [3.05, 3.63) is 51.3 Å². The zero-order valence-corrected chi connectivity index (χ0v) is 23.2. The fraction of sp³-hybridized carbons (Fsp3) is 0.381. The summed E-state index contributed by atoms with van der Waals surface area (Å²) in [4.78, 5) is 52.6. The SMILES string of the molecule is Nc1nc2c(c(=O)[nH]1)CC(CCc1ccc(C(=O)N[C@@H](CCC(=O)[O-])C(=O)[O-])cc1)CN2.[Na+].[Na+]. The summed E-state index contributed by atoms with van der Waals surface area (Å²) in [7, 11) is 0. The van der Waals surface area contributed by atoms with Crippen LogP contribution < -0.4 is 91.3 Å². The molecule has 1 aromatic heterocycles. The van der Waals surface area contributed by atoms with Crippen LogP contribution in [-0.2, 0) is 22.4 Å². The number of carbonyl (C=O) groups is 3. The van der Waals surface area contributed by atoms with Gasteiger partial charge < -0.3 is 36.2 Å². The number of carboxylic acids is 2. The second kappa shape index (κ2) is 13.9. The normalized spacial score (nSPS) is 14.9. The van der Waals surface area contributed by atoms with Crippen molar-refractivity contribution in [2.45, 2.75) is 38.1 Å². The summed E-state index contributed by atoms with van der Waals surface area (Å²) < 4.78 is 0. The van der Waals surface area contributed by atoms with Gasteiger partial charge in [-0.2, -0.15) is 4.98 Å². The number of nitrogens with zero attached hydrogens (tertiary/aromatic N) is 1. The molecular weight excluding hydrogens is 464 g/mol. The third-order valence-electron chi connectivity index (χ3n) is 5.37. The predicted molar refractivity (Wildman–Crippen MR) is 110 cm³/mol. The van der Waals surface area contributed by atoms with Crippen LogP contribution in [0.5, 0.6) is 0 Å². The summed E-state index contributed by atoms with van der Waals surface area (Å²) in [6, 6.07) is 5.25. The first kappa shape index (κ1) is 30.1. The zero-order valence-electron chi connectivity index (χ0n) is 19.2. The Balaban J connectivity index is 0.00000289. The van der Waals surface area contributed by atoms with E-state index in [4.69, 9.17) is 5.73 Å². The van der Waals surface area contributed by atoms with Gasteiger partial charge in [0.05, 0.1) is 17.6 Å². The molecule has 0 spiro atoms. The largest absolute Gasteiger partial charge is 1.00 e. The van der Waals surface area contributed by atoms with E-state index >= 15 is 0 Å². The number of benzene rings is 1. The Labute approximate surface area is 239 Å². The van der Waals surface area contributed by atoms with Gasteiger partial charge in [-0.3, -0.25) is 14.6 Å². The molecule has 1 aromatic carbocycles. The number of hydrogen-bond acceptors (Lipinski definition) is 9. The molecule has 2 aromatic rings. The molecule has 0 saturated carbocycles. The molecule has 0 bridgehead atoms. The second-order valence-corrected chi connectivity index (χ2v) is 7.72. The number of amides is 1. The van der Waals surface area contributed by atoms with Crippen molar-refractivity contribution in [2.75, 3.05) is 17.6 Å². The van der Waals surface area contributed by atoms with E-state index in [2.05, 4.69) is 20.6 Å². The molecule has 5 N–H and O–H groups in total. The van der Waals surface area contributed by atoms with Gasteiger partial charge in [-0.1, -0.05) is 12.1 Å². The number of fused-ring (bicyclic) bond motifs is 1. The maximum absolute atomic E-state index is 12.3. The molecule has 0 radical (unpaired) electrons. The van der Waals surface area contributed by atoms with Gasteiger partial charge in [0.25, 0.3) is 11.5 Å². The minimum Gasteiger partial charge on any atom is -0.550 e. The van der Waals surface area contributed by atoms with Crippen LogP contribution in [0.4, 0.5) is 11.8 Å². The van der Waals surface area contributed by atoms with Gasteiger partial charge in [-0.05, 0) is 55.7 Å². The van der Waals surface area contributed by atoms with E-state index in [1.807, 2.05) is 0 Å². The van der Waals surface area contributed by atoms with Crippen LogP contribution in [-0.4, -0.2) is 40.4 Å². The Bertz CT molecular complexity index is 1080. The number of nitrogens with two attached hydrogens (primary N) is 1. The topological polar surface area (TPSA) is 193 Å². The zero-order chi connectivity index (χ0) is 23.3. The molecule has 13 heteroatoms. The molecule has 2 atom stereocenters. The molecule has 3 rings (SSSR count). The van der Waals surface area contributed by atoms with Crippen LogP contribution in [0.25, 0.3) is 0 Å². The summed E-state index contributed by atoms with van der Waals surface area (Å²) in [6.45, 7) is 0.667. The molecule has 0 saturated heterocycles. The van der Waals surface area contributed by atoms with Gasteiger partial charge in [0.2, 0.25) is 5.95 Å². The number of nitrogens with one attached hydrogen (secondary N) is 3. The Morgan fingerprint density at radius 1 is 1.18 bits per heavy atom. The Morgan fingerprint density at radius 2 is 1.85 bits per heavy atom. The van der Waals surface area contributed by atoms with Crippen LogP contribution in [0.2, 0.25) is 0 Å². The number of anilines is 2. The summed E-state index contributed by atoms with van der Waals surface area (Å²) in [6.07, 6.45) is 1.28. The van der Waals surface area contributed by atoms with Gasteiger partial charge in [0, 0.05) is 18.1 Å². The number of carboxylic acid groups (broad SMARTS) is 2. The fourth-order valence-electron chi connectivity index (χ4n) is 3.60. The fourth-order valence-corrected chi connectivity index (χ4v) is 3.60. The van der Waals surface area contributed by atoms with Crippen molar-refractivity contribution in [3.8, 4) is 0 Å². The third kappa shape index (κ3) is 8.40. The van der Waals surface area contributed by atoms with Crippen molar-refractivity contribution in [3.63, 3.8) is 0 Å². The second-order valence-electron chi connectivity index (χ2n) is 7.72. The van der Waals surface area contributed by atoms with Gasteiger partial charge in [0.15, 0.2) is 0 Å². The van der Waals surface area contributed by atoms with Crippen molar-refractivity contribution in [1.29, 1.82) is 0 Å². The van der Waals surface area contributed by atoms with Crippen LogP contribution in [0.15, 0.2) is 29.1 Å². The Kier molecular flexibility index (Phi) is 12.3. The molecule has 1 aliphatic rings. The van der Waals surface area contributed by atoms with Gasteiger partial charge in [0.1, 0.15) is 5.82 Å². The van der Waals surface area contributed by atoms with Crippen LogP contribution in [0, 0.1) is 5.92 Å². The summed E-state index contributed by atoms with van der Waals surface area (Å²) in [5.41, 5.74) is 7.13. The number of aromatic nitrogens is 2. The van der Waals surface area contributed by atoms with Crippen LogP contribution in [0.3, 0.4) is 0 Å². The van der Waals surface area contributed by atoms with E-state index in [9.17, 15) is 29.4 Å². The quantitative estimate of drug-likeness (QED) is 0.249. The minimum absolute atomic E-state index is 0. The van der Waals surface area contributed by atoms with E-state index in [1.54, 1.807) is 24.3 Å². The molecule has 34 heavy (non-hydrogen) atoms. The van der Waals surface area contributed by atoms with E-state index in [0.29, 0.717) is 24.3 Å². The van der Waals surface area contributed by atoms with E-state index in [-0.39, 0.29) is 88.5 Å². The Hall–Kier alpha value is -1.89. The number of hydrogen-bond donors (Lipinski definition) is 4. The first-order valence-corrected chi connectivity index (χ1v) is 10.2. The monoisotopic (exact) mass is 487 g/mol. The first-order valence-electron chi connectivity index (χ1n) is 10.2. The molecule has 0 aliphatic carbocycles. The number of rotatable bonds is 9. The van der Waals surface area contributed by atoms with Crippen molar-refractivity contribution in [2.24, 2.45) is 5.92 Å². The molecule has 170 valence electrons. The molecule has 11 nitrogen and oxygen atoms in total. The summed E-state index contributed by atoms with van der Waals surface area (Å²) in [5, 5.41) is 27.0. The van der Waals surface area contributed by atoms with Crippen molar-refractivity contribution in [1.82, 2.24) is 15.3 Å². The molecular formula is C21H23N5Na2O6. The molecule has 0 fully saturated rings. The molecule has 1 unspecified atom stereocenters. The van der Waals surface area contributed by atoms with Gasteiger partial charge in [-0.15, -0.1) is 0 Å². The van der Waals surface area contributed by atoms with Crippen LogP contribution in [0.1, 0.15) is 40.7 Å². The van der Waals surface area contributed by atoms with Gasteiger partial charge in [-0.25, -0.2) is 0 Å². The Morgan fingerprint density at radius 3 is 2.47 bits per heavy atom. The molecule has 1 amide bonds. The van der Waals surface area contributed by atoms with Gasteiger partial charge >= 0.3 is 59.1 Å². The average Bonchev–Trinajstić information content (AvgIpc) is 2.75. The minimum atomic E-state index is -1.56. The number of aryl methyl sites for hydroxylation is 1. The maximum atomic E-state index is 12.3. The van der Waals surface area contributed by atoms with Crippen LogP contribution >= 0.6 is 0 Å². The maximum Gasteiger partial charge on any atom is 1.00 e. The number of nitrogen functional groups attached to an aromatic ring is 1. The van der Waals surface area contributed by atoms with E-state index < -0.39 is 30.3 Å². The molecule has 1 aliphatic heterocycles. The standard InChI is InChI=1S/C21H25N5O6.2Na/c22-21-25-17-14(19(30)26-21)9-12(10-23-17)2-1-11-3-5-13(6-4-11)18(29)24-15(20(31)32)7-8-16(27)28;;/h3-6,12,15H,1-2,7-10H2,(H,24,29)(H,27,28)(H,31,32)(H4,22,23,25,26,30);;/q;2*+1/p-2/t12?,15-;;/m0../s1. The number of aromatic amines is 1. The average molecular weight is 487 g/mol. The van der Waals surface area contributed by atoms with E-state index in [1.165, 1.54) is 0 Å². The third-order valence-corrected chi connectivity index (χ3v) is 5.37. The smallest absolute Gasteiger partial charge is 0.550 e. The summed E-state index contributed by atoms with van der Waals surface area (Å²) >= 11 is 0.